The lowest BCUT2D eigenvalue weighted by Gasteiger charge is -2.07. The highest BCUT2D eigenvalue weighted by Crippen LogP contribution is 2.10. The first-order valence-electron chi connectivity index (χ1n) is 7.77. The number of ether oxygens (including phenoxy) is 1. The second kappa shape index (κ2) is 8.13. The predicted octanol–water partition coefficient (Wildman–Crippen LogP) is 3.61. The van der Waals surface area contributed by atoms with Gasteiger partial charge in [0.1, 0.15) is 0 Å². The zero-order chi connectivity index (χ0) is 16.7. The van der Waals surface area contributed by atoms with Gasteiger partial charge in [-0.25, -0.2) is 4.79 Å². The number of aryl methyl sites for hydroxylation is 2. The van der Waals surface area contributed by atoms with Crippen molar-refractivity contribution >= 4 is 17.6 Å². The molecule has 0 aliphatic heterocycles. The molecular weight excluding hydrogens is 290 g/mol. The molecule has 0 bridgehead atoms. The van der Waals surface area contributed by atoms with Crippen molar-refractivity contribution in [3.05, 3.63) is 65.2 Å². The minimum Gasteiger partial charge on any atom is -0.452 e. The Bertz CT molecular complexity index is 660. The molecule has 2 aromatic carbocycles. The first-order chi connectivity index (χ1) is 11.1. The number of anilines is 1. The van der Waals surface area contributed by atoms with Crippen LogP contribution < -0.4 is 5.32 Å². The Kier molecular flexibility index (Phi) is 5.92. The Morgan fingerprint density at radius 1 is 0.870 bits per heavy atom. The van der Waals surface area contributed by atoms with Crippen molar-refractivity contribution in [2.45, 2.75) is 26.7 Å². The molecule has 0 fully saturated rings. The van der Waals surface area contributed by atoms with Crippen LogP contribution in [-0.4, -0.2) is 18.5 Å². The molecular formula is C19H21NO3. The van der Waals surface area contributed by atoms with E-state index in [2.05, 4.69) is 12.2 Å². The standard InChI is InChI=1S/C19H21NO3/c1-3-14-5-9-16(10-6-14)19(22)23-13-18(21)20-17-11-7-15(4-2)8-12-17/h5-12H,3-4,13H2,1-2H3,(H,20,21). The minimum absolute atomic E-state index is 0.302. The second-order valence-electron chi connectivity index (χ2n) is 5.23. The number of nitrogens with one attached hydrogen (secondary N) is 1. The molecule has 0 radical (unpaired) electrons. The van der Waals surface area contributed by atoms with Crippen LogP contribution in [0.4, 0.5) is 5.69 Å². The number of amides is 1. The summed E-state index contributed by atoms with van der Waals surface area (Å²) >= 11 is 0. The van der Waals surface area contributed by atoms with Crippen LogP contribution in [-0.2, 0) is 22.4 Å². The average molecular weight is 311 g/mol. The van der Waals surface area contributed by atoms with E-state index in [9.17, 15) is 9.59 Å². The van der Waals surface area contributed by atoms with Crippen LogP contribution in [0.2, 0.25) is 0 Å². The van der Waals surface area contributed by atoms with Gasteiger partial charge in [0.25, 0.3) is 5.91 Å². The molecule has 0 atom stereocenters. The highest BCUT2D eigenvalue weighted by Gasteiger charge is 2.10. The minimum atomic E-state index is -0.496. The number of carbonyl (C=O) groups excluding carboxylic acids is 2. The average Bonchev–Trinajstić information content (AvgIpc) is 2.60. The van der Waals surface area contributed by atoms with Gasteiger partial charge >= 0.3 is 5.97 Å². The summed E-state index contributed by atoms with van der Waals surface area (Å²) in [4.78, 5) is 23.7. The molecule has 0 saturated carbocycles. The smallest absolute Gasteiger partial charge is 0.338 e. The van der Waals surface area contributed by atoms with Crippen molar-refractivity contribution in [3.63, 3.8) is 0 Å². The fourth-order valence-corrected chi connectivity index (χ4v) is 2.11. The van der Waals surface area contributed by atoms with Gasteiger partial charge in [-0.2, -0.15) is 0 Å². The molecule has 1 amide bonds. The molecule has 0 aromatic heterocycles. The van der Waals surface area contributed by atoms with Gasteiger partial charge in [0.2, 0.25) is 0 Å². The van der Waals surface area contributed by atoms with Crippen LogP contribution in [0.3, 0.4) is 0 Å². The van der Waals surface area contributed by atoms with E-state index in [0.717, 1.165) is 18.4 Å². The summed E-state index contributed by atoms with van der Waals surface area (Å²) in [6.45, 7) is 3.81. The Morgan fingerprint density at radius 3 is 1.91 bits per heavy atom. The Balaban J connectivity index is 1.83. The summed E-state index contributed by atoms with van der Waals surface area (Å²) in [5, 5.41) is 2.70. The topological polar surface area (TPSA) is 55.4 Å². The van der Waals surface area contributed by atoms with Crippen molar-refractivity contribution < 1.29 is 14.3 Å². The highest BCUT2D eigenvalue weighted by molar-refractivity contribution is 5.95. The lowest BCUT2D eigenvalue weighted by atomic mass is 10.1. The molecule has 0 saturated heterocycles. The van der Waals surface area contributed by atoms with Crippen molar-refractivity contribution in [2.24, 2.45) is 0 Å². The van der Waals surface area contributed by atoms with Gasteiger partial charge in [0.15, 0.2) is 6.61 Å². The third-order valence-electron chi connectivity index (χ3n) is 3.58. The first kappa shape index (κ1) is 16.7. The van der Waals surface area contributed by atoms with Crippen LogP contribution in [0, 0.1) is 0 Å². The van der Waals surface area contributed by atoms with Gasteiger partial charge in [-0.3, -0.25) is 4.79 Å². The summed E-state index contributed by atoms with van der Waals surface area (Å²) in [7, 11) is 0. The van der Waals surface area contributed by atoms with Crippen LogP contribution >= 0.6 is 0 Å². The van der Waals surface area contributed by atoms with Gasteiger partial charge in [-0.05, 0) is 48.2 Å². The van der Waals surface area contributed by atoms with Crippen molar-refractivity contribution in [2.75, 3.05) is 11.9 Å². The summed E-state index contributed by atoms with van der Waals surface area (Å²) in [5.41, 5.74) is 3.48. The molecule has 0 unspecified atom stereocenters. The maximum absolute atomic E-state index is 11.9. The molecule has 4 nitrogen and oxygen atoms in total. The zero-order valence-electron chi connectivity index (χ0n) is 13.5. The van der Waals surface area contributed by atoms with E-state index >= 15 is 0 Å². The van der Waals surface area contributed by atoms with Crippen LogP contribution in [0.1, 0.15) is 35.3 Å². The SMILES string of the molecule is CCc1ccc(NC(=O)COC(=O)c2ccc(CC)cc2)cc1. The van der Waals surface area contributed by atoms with E-state index in [1.807, 2.05) is 43.3 Å². The molecule has 0 heterocycles. The van der Waals surface area contributed by atoms with Gasteiger partial charge in [0, 0.05) is 5.69 Å². The number of hydrogen-bond donors (Lipinski definition) is 1. The van der Waals surface area contributed by atoms with Gasteiger partial charge < -0.3 is 10.1 Å². The predicted molar refractivity (Wildman–Crippen MR) is 90.6 cm³/mol. The molecule has 0 aliphatic carbocycles. The van der Waals surface area contributed by atoms with E-state index < -0.39 is 5.97 Å². The fraction of sp³-hybridized carbons (Fsp3) is 0.263. The molecule has 4 heteroatoms. The largest absolute Gasteiger partial charge is 0.452 e. The highest BCUT2D eigenvalue weighted by atomic mass is 16.5. The number of carbonyl (C=O) groups is 2. The van der Waals surface area contributed by atoms with Crippen molar-refractivity contribution in [1.82, 2.24) is 0 Å². The molecule has 0 spiro atoms. The third kappa shape index (κ3) is 4.95. The number of hydrogen-bond acceptors (Lipinski definition) is 3. The number of benzene rings is 2. The first-order valence-corrected chi connectivity index (χ1v) is 7.77. The molecule has 0 aliphatic rings. The fourth-order valence-electron chi connectivity index (χ4n) is 2.11. The molecule has 2 rings (SSSR count). The lowest BCUT2D eigenvalue weighted by molar-refractivity contribution is -0.119. The number of esters is 1. The summed E-state index contributed by atoms with van der Waals surface area (Å²) in [6, 6.07) is 14.8. The van der Waals surface area contributed by atoms with Crippen LogP contribution in [0.5, 0.6) is 0 Å². The van der Waals surface area contributed by atoms with Crippen LogP contribution in [0.25, 0.3) is 0 Å². The van der Waals surface area contributed by atoms with E-state index in [0.29, 0.717) is 11.3 Å². The van der Waals surface area contributed by atoms with E-state index in [1.165, 1.54) is 5.56 Å². The quantitative estimate of drug-likeness (QED) is 0.829. The maximum Gasteiger partial charge on any atom is 0.338 e. The Hall–Kier alpha value is -2.62. The Morgan fingerprint density at radius 2 is 1.39 bits per heavy atom. The van der Waals surface area contributed by atoms with Gasteiger partial charge in [-0.1, -0.05) is 38.1 Å². The summed E-state index contributed by atoms with van der Waals surface area (Å²) < 4.78 is 5.03. The van der Waals surface area contributed by atoms with Crippen LogP contribution in [0.15, 0.2) is 48.5 Å². The monoisotopic (exact) mass is 311 g/mol. The van der Waals surface area contributed by atoms with E-state index in [1.54, 1.807) is 12.1 Å². The molecule has 120 valence electrons. The van der Waals surface area contributed by atoms with Crippen molar-refractivity contribution in [3.8, 4) is 0 Å². The maximum atomic E-state index is 11.9. The summed E-state index contributed by atoms with van der Waals surface area (Å²) in [6.07, 6.45) is 1.86. The van der Waals surface area contributed by atoms with Gasteiger partial charge in [-0.15, -0.1) is 0 Å². The van der Waals surface area contributed by atoms with Gasteiger partial charge in [0.05, 0.1) is 5.56 Å². The Labute approximate surface area is 136 Å². The second-order valence-corrected chi connectivity index (χ2v) is 5.23. The van der Waals surface area contributed by atoms with E-state index in [-0.39, 0.29) is 12.5 Å². The zero-order valence-corrected chi connectivity index (χ0v) is 13.5. The third-order valence-corrected chi connectivity index (χ3v) is 3.58. The summed E-state index contributed by atoms with van der Waals surface area (Å²) in [5.74, 6) is -0.850. The normalized spacial score (nSPS) is 10.2. The number of rotatable bonds is 6. The molecule has 2 aromatic rings. The molecule has 1 N–H and O–H groups in total. The van der Waals surface area contributed by atoms with Crippen molar-refractivity contribution in [1.29, 1.82) is 0 Å². The van der Waals surface area contributed by atoms with E-state index in [4.69, 9.17) is 4.74 Å². The molecule has 23 heavy (non-hydrogen) atoms. The lowest BCUT2D eigenvalue weighted by Crippen LogP contribution is -2.20.